The van der Waals surface area contributed by atoms with Gasteiger partial charge in [-0.05, 0) is 83.7 Å². The Bertz CT molecular complexity index is 1150. The molecule has 9 heteroatoms. The second kappa shape index (κ2) is 12.1. The maximum absolute atomic E-state index is 14.2. The molecule has 0 fully saturated rings. The van der Waals surface area contributed by atoms with Crippen molar-refractivity contribution in [1.82, 2.24) is 10.2 Å². The van der Waals surface area contributed by atoms with Crippen molar-refractivity contribution in [3.05, 3.63) is 58.6 Å². The van der Waals surface area contributed by atoms with Crippen LogP contribution in [0.3, 0.4) is 0 Å². The summed E-state index contributed by atoms with van der Waals surface area (Å²) in [4.78, 5) is 42.3. The fourth-order valence-corrected chi connectivity index (χ4v) is 4.31. The minimum absolute atomic E-state index is 0.0529. The van der Waals surface area contributed by atoms with Crippen LogP contribution in [0.4, 0.5) is 10.5 Å². The van der Waals surface area contributed by atoms with Crippen molar-refractivity contribution in [2.24, 2.45) is 5.92 Å². The number of nitrogens with one attached hydrogen (secondary N) is 2. The number of phenols is 1. The molecule has 38 heavy (non-hydrogen) atoms. The first-order valence-corrected chi connectivity index (χ1v) is 13.0. The number of rotatable bonds is 7. The number of halogens is 1. The highest BCUT2D eigenvalue weighted by molar-refractivity contribution is 6.34. The summed E-state index contributed by atoms with van der Waals surface area (Å²) < 4.78 is 5.40. The molecule has 0 aliphatic carbocycles. The number of carbonyl (C=O) groups is 3. The van der Waals surface area contributed by atoms with E-state index in [4.69, 9.17) is 16.3 Å². The van der Waals surface area contributed by atoms with Gasteiger partial charge in [0.05, 0.1) is 10.7 Å². The molecule has 0 radical (unpaired) electrons. The van der Waals surface area contributed by atoms with Crippen molar-refractivity contribution >= 4 is 35.2 Å². The van der Waals surface area contributed by atoms with E-state index in [-0.39, 0.29) is 11.7 Å². The van der Waals surface area contributed by atoms with E-state index in [0.29, 0.717) is 16.3 Å². The van der Waals surface area contributed by atoms with E-state index in [1.807, 2.05) is 13.0 Å². The molecule has 2 rings (SSSR count). The number of benzene rings is 2. The molecule has 0 spiro atoms. The van der Waals surface area contributed by atoms with Gasteiger partial charge < -0.3 is 25.4 Å². The van der Waals surface area contributed by atoms with Gasteiger partial charge in [-0.15, -0.1) is 0 Å². The minimum atomic E-state index is -1.16. The lowest BCUT2D eigenvalue weighted by atomic mass is 9.93. The summed E-state index contributed by atoms with van der Waals surface area (Å²) in [5, 5.41) is 16.2. The van der Waals surface area contributed by atoms with Crippen LogP contribution in [0.15, 0.2) is 42.5 Å². The topological polar surface area (TPSA) is 108 Å². The maximum Gasteiger partial charge on any atom is 0.408 e. The number of alkyl carbamates (subject to hydrolysis) is 1. The highest BCUT2D eigenvalue weighted by atomic mass is 35.5. The van der Waals surface area contributed by atoms with Gasteiger partial charge in [-0.2, -0.15) is 0 Å². The third kappa shape index (κ3) is 8.12. The second-order valence-electron chi connectivity index (χ2n) is 11.7. The van der Waals surface area contributed by atoms with E-state index in [0.717, 1.165) is 5.56 Å². The monoisotopic (exact) mass is 545 g/mol. The average molecular weight is 546 g/mol. The van der Waals surface area contributed by atoms with Gasteiger partial charge in [-0.3, -0.25) is 9.59 Å². The Hall–Kier alpha value is -3.26. The molecular formula is C29H40ClN3O5. The number of aryl methyl sites for hydroxylation is 1. The number of amides is 3. The zero-order chi connectivity index (χ0) is 29.0. The third-order valence-corrected chi connectivity index (χ3v) is 6.04. The van der Waals surface area contributed by atoms with Crippen molar-refractivity contribution in [2.75, 3.05) is 5.32 Å². The SMILES string of the molecule is Cc1cccc(Cl)c1NC(=O)C(c1cccc(O)c1)N(C(=O)C(NC(=O)OC(C)(C)C)C(C)C)C(C)(C)C. The molecule has 2 unspecified atom stereocenters. The van der Waals surface area contributed by atoms with Crippen molar-refractivity contribution in [2.45, 2.75) is 85.5 Å². The molecule has 0 aromatic heterocycles. The molecule has 0 saturated heterocycles. The van der Waals surface area contributed by atoms with E-state index < -0.39 is 41.1 Å². The van der Waals surface area contributed by atoms with Crippen LogP contribution in [-0.2, 0) is 14.3 Å². The molecule has 2 aromatic rings. The van der Waals surface area contributed by atoms with Gasteiger partial charge in [-0.1, -0.05) is 49.7 Å². The summed E-state index contributed by atoms with van der Waals surface area (Å²) in [6, 6.07) is 9.32. The lowest BCUT2D eigenvalue weighted by Gasteiger charge is -2.43. The van der Waals surface area contributed by atoms with Crippen LogP contribution >= 0.6 is 11.6 Å². The molecule has 0 aliphatic rings. The van der Waals surface area contributed by atoms with Gasteiger partial charge in [0.25, 0.3) is 5.91 Å². The van der Waals surface area contributed by atoms with Crippen molar-refractivity contribution < 1.29 is 24.2 Å². The van der Waals surface area contributed by atoms with Crippen LogP contribution in [0.5, 0.6) is 5.75 Å². The number of anilines is 1. The summed E-state index contributed by atoms with van der Waals surface area (Å²) >= 11 is 6.39. The quantitative estimate of drug-likeness (QED) is 0.383. The predicted molar refractivity (Wildman–Crippen MR) is 150 cm³/mol. The highest BCUT2D eigenvalue weighted by Gasteiger charge is 2.43. The van der Waals surface area contributed by atoms with Crippen molar-refractivity contribution in [3.8, 4) is 5.75 Å². The Morgan fingerprint density at radius 3 is 2.11 bits per heavy atom. The van der Waals surface area contributed by atoms with E-state index in [9.17, 15) is 19.5 Å². The van der Waals surface area contributed by atoms with Crippen LogP contribution in [-0.4, -0.2) is 45.1 Å². The van der Waals surface area contributed by atoms with Gasteiger partial charge in [-0.25, -0.2) is 4.79 Å². The Kier molecular flexibility index (Phi) is 9.83. The molecule has 3 N–H and O–H groups in total. The summed E-state index contributed by atoms with van der Waals surface area (Å²) in [6.45, 7) is 16.0. The number of para-hydroxylation sites is 1. The number of phenolic OH excluding ortho intramolecular Hbond substituents is 1. The van der Waals surface area contributed by atoms with Crippen LogP contribution in [0.2, 0.25) is 5.02 Å². The van der Waals surface area contributed by atoms with Crippen LogP contribution in [0.25, 0.3) is 0 Å². The molecule has 8 nitrogen and oxygen atoms in total. The van der Waals surface area contributed by atoms with E-state index in [2.05, 4.69) is 10.6 Å². The lowest BCUT2D eigenvalue weighted by molar-refractivity contribution is -0.147. The maximum atomic E-state index is 14.2. The van der Waals surface area contributed by atoms with Crippen LogP contribution in [0.1, 0.15) is 72.6 Å². The fraction of sp³-hybridized carbons (Fsp3) is 0.483. The Labute approximate surface area is 230 Å². The molecule has 0 aliphatic heterocycles. The van der Waals surface area contributed by atoms with Gasteiger partial charge in [0.1, 0.15) is 23.4 Å². The standard InChI is InChI=1S/C29H40ClN3O5/c1-17(2)22(32-27(37)38-29(7,8)9)26(36)33(28(4,5)6)24(19-13-11-14-20(34)16-19)25(35)31-23-18(3)12-10-15-21(23)30/h10-17,22,24,34H,1-9H3,(H,31,35)(H,32,37). The highest BCUT2D eigenvalue weighted by Crippen LogP contribution is 2.34. The first-order chi connectivity index (χ1) is 17.4. The first-order valence-electron chi connectivity index (χ1n) is 12.6. The largest absolute Gasteiger partial charge is 0.508 e. The lowest BCUT2D eigenvalue weighted by Crippen LogP contribution is -2.59. The number of carbonyl (C=O) groups excluding carboxylic acids is 3. The van der Waals surface area contributed by atoms with E-state index in [1.54, 1.807) is 79.7 Å². The molecule has 0 saturated carbocycles. The van der Waals surface area contributed by atoms with Crippen LogP contribution < -0.4 is 10.6 Å². The zero-order valence-corrected chi connectivity index (χ0v) is 24.4. The third-order valence-electron chi connectivity index (χ3n) is 5.73. The number of nitrogens with zero attached hydrogens (tertiary/aromatic N) is 1. The van der Waals surface area contributed by atoms with E-state index >= 15 is 0 Å². The number of hydrogen-bond donors (Lipinski definition) is 3. The molecular weight excluding hydrogens is 506 g/mol. The zero-order valence-electron chi connectivity index (χ0n) is 23.7. The Morgan fingerprint density at radius 1 is 1.00 bits per heavy atom. The summed E-state index contributed by atoms with van der Waals surface area (Å²) in [5.74, 6) is -1.37. The molecule has 208 valence electrons. The second-order valence-corrected chi connectivity index (χ2v) is 12.1. The van der Waals surface area contributed by atoms with Gasteiger partial charge in [0, 0.05) is 5.54 Å². The summed E-state index contributed by atoms with van der Waals surface area (Å²) in [7, 11) is 0. The molecule has 3 amide bonds. The number of ether oxygens (including phenoxy) is 1. The van der Waals surface area contributed by atoms with Crippen LogP contribution in [0, 0.1) is 12.8 Å². The smallest absolute Gasteiger partial charge is 0.408 e. The van der Waals surface area contributed by atoms with E-state index in [1.165, 1.54) is 17.0 Å². The van der Waals surface area contributed by atoms with Gasteiger partial charge in [0.2, 0.25) is 5.91 Å². The predicted octanol–water partition coefficient (Wildman–Crippen LogP) is 6.21. The summed E-state index contributed by atoms with van der Waals surface area (Å²) in [6.07, 6.45) is -0.733. The Balaban J connectivity index is 2.62. The van der Waals surface area contributed by atoms with Crippen molar-refractivity contribution in [3.63, 3.8) is 0 Å². The number of hydrogen-bond acceptors (Lipinski definition) is 5. The minimum Gasteiger partial charge on any atom is -0.508 e. The molecule has 2 atom stereocenters. The number of aromatic hydroxyl groups is 1. The summed E-state index contributed by atoms with van der Waals surface area (Å²) in [5.41, 5.74) is -0.0492. The molecule has 2 aromatic carbocycles. The van der Waals surface area contributed by atoms with Crippen molar-refractivity contribution in [1.29, 1.82) is 0 Å². The van der Waals surface area contributed by atoms with Gasteiger partial charge in [0.15, 0.2) is 0 Å². The molecule has 0 bridgehead atoms. The average Bonchev–Trinajstić information content (AvgIpc) is 2.75. The Morgan fingerprint density at radius 2 is 1.61 bits per heavy atom. The first kappa shape index (κ1) is 31.0. The fourth-order valence-electron chi connectivity index (χ4n) is 4.04. The molecule has 0 heterocycles. The normalized spacial score (nSPS) is 13.4. The van der Waals surface area contributed by atoms with Gasteiger partial charge >= 0.3 is 6.09 Å².